The monoisotopic (exact) mass is 296 g/mol. The standard InChI is InChI=1S/C12H13ClN4OS/c1-7-9(13)3-2-4-10(7)16-12-15-8(6-19-12)5-11(18)17-14/h2-4,6H,5,14H2,1H3,(H,15,16)(H,17,18). The summed E-state index contributed by atoms with van der Waals surface area (Å²) in [5.74, 6) is 4.76. The van der Waals surface area contributed by atoms with Gasteiger partial charge in [0.05, 0.1) is 12.1 Å². The van der Waals surface area contributed by atoms with Crippen LogP contribution in [0.2, 0.25) is 5.02 Å². The number of carbonyl (C=O) groups excluding carboxylic acids is 1. The summed E-state index contributed by atoms with van der Waals surface area (Å²) in [6.07, 6.45) is 0.170. The summed E-state index contributed by atoms with van der Waals surface area (Å²) in [6.45, 7) is 1.93. The molecule has 0 radical (unpaired) electrons. The molecule has 2 rings (SSSR count). The fourth-order valence-electron chi connectivity index (χ4n) is 1.52. The molecule has 1 amide bonds. The zero-order valence-electron chi connectivity index (χ0n) is 10.2. The third-order valence-electron chi connectivity index (χ3n) is 2.56. The fourth-order valence-corrected chi connectivity index (χ4v) is 2.42. The number of amides is 1. The molecule has 5 nitrogen and oxygen atoms in total. The second kappa shape index (κ2) is 6.01. The lowest BCUT2D eigenvalue weighted by Crippen LogP contribution is -2.31. The summed E-state index contributed by atoms with van der Waals surface area (Å²) in [6, 6.07) is 5.63. The third kappa shape index (κ3) is 3.44. The van der Waals surface area contributed by atoms with E-state index in [0.717, 1.165) is 11.3 Å². The van der Waals surface area contributed by atoms with Crippen LogP contribution < -0.4 is 16.6 Å². The van der Waals surface area contributed by atoms with E-state index in [9.17, 15) is 4.79 Å². The summed E-state index contributed by atoms with van der Waals surface area (Å²) < 4.78 is 0. The summed E-state index contributed by atoms with van der Waals surface area (Å²) >= 11 is 7.47. The molecule has 0 fully saturated rings. The van der Waals surface area contributed by atoms with Crippen molar-refractivity contribution >= 4 is 39.7 Å². The average molecular weight is 297 g/mol. The molecule has 4 N–H and O–H groups in total. The van der Waals surface area contributed by atoms with Crippen LogP contribution in [0.4, 0.5) is 10.8 Å². The second-order valence-electron chi connectivity index (χ2n) is 3.93. The first-order valence-electron chi connectivity index (χ1n) is 5.56. The van der Waals surface area contributed by atoms with Crippen molar-refractivity contribution in [3.05, 3.63) is 39.9 Å². The highest BCUT2D eigenvalue weighted by atomic mass is 35.5. The van der Waals surface area contributed by atoms with Crippen molar-refractivity contribution in [1.82, 2.24) is 10.4 Å². The molecule has 0 aliphatic heterocycles. The predicted octanol–water partition coefficient (Wildman–Crippen LogP) is 2.38. The molecule has 0 aliphatic rings. The van der Waals surface area contributed by atoms with E-state index in [1.807, 2.05) is 30.5 Å². The van der Waals surface area contributed by atoms with Crippen LogP contribution in [0.1, 0.15) is 11.3 Å². The number of rotatable bonds is 4. The Hall–Kier alpha value is -1.63. The van der Waals surface area contributed by atoms with E-state index in [1.54, 1.807) is 0 Å². The highest BCUT2D eigenvalue weighted by molar-refractivity contribution is 7.13. The Bertz CT molecular complexity index is 599. The van der Waals surface area contributed by atoms with Crippen molar-refractivity contribution in [3.8, 4) is 0 Å². The van der Waals surface area contributed by atoms with E-state index in [-0.39, 0.29) is 12.3 Å². The Morgan fingerprint density at radius 2 is 2.32 bits per heavy atom. The molecule has 2 aromatic rings. The lowest BCUT2D eigenvalue weighted by Gasteiger charge is -2.07. The molecular formula is C12H13ClN4OS. The number of aromatic nitrogens is 1. The second-order valence-corrected chi connectivity index (χ2v) is 5.19. The van der Waals surface area contributed by atoms with E-state index in [4.69, 9.17) is 17.4 Å². The number of halogens is 1. The summed E-state index contributed by atoms with van der Waals surface area (Å²) in [7, 11) is 0. The number of hydrogen-bond acceptors (Lipinski definition) is 5. The van der Waals surface area contributed by atoms with Gasteiger partial charge in [0.2, 0.25) is 5.91 Å². The van der Waals surface area contributed by atoms with Crippen LogP contribution in [0.25, 0.3) is 0 Å². The van der Waals surface area contributed by atoms with Crippen molar-refractivity contribution in [3.63, 3.8) is 0 Å². The Labute approximate surface area is 119 Å². The van der Waals surface area contributed by atoms with Gasteiger partial charge in [-0.2, -0.15) is 0 Å². The predicted molar refractivity (Wildman–Crippen MR) is 77.6 cm³/mol. The maximum absolute atomic E-state index is 11.1. The Morgan fingerprint density at radius 3 is 3.05 bits per heavy atom. The van der Waals surface area contributed by atoms with Crippen LogP contribution in [0.3, 0.4) is 0 Å². The number of nitrogens with zero attached hydrogens (tertiary/aromatic N) is 1. The topological polar surface area (TPSA) is 80.0 Å². The van der Waals surface area contributed by atoms with Gasteiger partial charge in [0.25, 0.3) is 0 Å². The van der Waals surface area contributed by atoms with Gasteiger partial charge in [-0.1, -0.05) is 17.7 Å². The normalized spacial score (nSPS) is 10.3. The quantitative estimate of drug-likeness (QED) is 0.460. The third-order valence-corrected chi connectivity index (χ3v) is 3.78. The van der Waals surface area contributed by atoms with E-state index >= 15 is 0 Å². The van der Waals surface area contributed by atoms with Gasteiger partial charge in [-0.3, -0.25) is 10.2 Å². The van der Waals surface area contributed by atoms with E-state index in [0.29, 0.717) is 15.8 Å². The number of hydrogen-bond donors (Lipinski definition) is 3. The molecule has 1 heterocycles. The zero-order chi connectivity index (χ0) is 13.8. The fraction of sp³-hybridized carbons (Fsp3) is 0.167. The van der Waals surface area contributed by atoms with Gasteiger partial charge < -0.3 is 5.32 Å². The molecule has 0 atom stereocenters. The Kier molecular flexibility index (Phi) is 4.36. The van der Waals surface area contributed by atoms with Gasteiger partial charge in [0, 0.05) is 16.1 Å². The van der Waals surface area contributed by atoms with Gasteiger partial charge in [-0.05, 0) is 24.6 Å². The van der Waals surface area contributed by atoms with Crippen LogP contribution in [0.5, 0.6) is 0 Å². The minimum atomic E-state index is -0.268. The first kappa shape index (κ1) is 13.8. The van der Waals surface area contributed by atoms with Gasteiger partial charge in [-0.25, -0.2) is 10.8 Å². The van der Waals surface area contributed by atoms with Crippen molar-refractivity contribution in [2.45, 2.75) is 13.3 Å². The minimum Gasteiger partial charge on any atom is -0.331 e. The van der Waals surface area contributed by atoms with E-state index in [1.165, 1.54) is 11.3 Å². The molecule has 7 heteroatoms. The van der Waals surface area contributed by atoms with Crippen molar-refractivity contribution in [2.75, 3.05) is 5.32 Å². The summed E-state index contributed by atoms with van der Waals surface area (Å²) in [5, 5.41) is 6.41. The smallest absolute Gasteiger partial charge is 0.239 e. The van der Waals surface area contributed by atoms with E-state index < -0.39 is 0 Å². The van der Waals surface area contributed by atoms with Crippen LogP contribution in [-0.4, -0.2) is 10.9 Å². The molecule has 0 spiro atoms. The number of nitrogens with two attached hydrogens (primary N) is 1. The van der Waals surface area contributed by atoms with Crippen molar-refractivity contribution < 1.29 is 4.79 Å². The number of benzene rings is 1. The maximum Gasteiger partial charge on any atom is 0.239 e. The molecule has 0 saturated carbocycles. The number of anilines is 2. The molecule has 0 unspecified atom stereocenters. The van der Waals surface area contributed by atoms with Gasteiger partial charge in [0.15, 0.2) is 5.13 Å². The molecular weight excluding hydrogens is 284 g/mol. The highest BCUT2D eigenvalue weighted by Gasteiger charge is 2.08. The number of thiazole rings is 1. The largest absolute Gasteiger partial charge is 0.331 e. The number of hydrazine groups is 1. The van der Waals surface area contributed by atoms with Gasteiger partial charge in [-0.15, -0.1) is 11.3 Å². The molecule has 1 aromatic carbocycles. The first-order chi connectivity index (χ1) is 9.10. The highest BCUT2D eigenvalue weighted by Crippen LogP contribution is 2.27. The summed E-state index contributed by atoms with van der Waals surface area (Å²) in [4.78, 5) is 15.5. The summed E-state index contributed by atoms with van der Waals surface area (Å²) in [5.41, 5.74) is 4.61. The SMILES string of the molecule is Cc1c(Cl)cccc1Nc1nc(CC(=O)NN)cs1. The van der Waals surface area contributed by atoms with Crippen LogP contribution in [-0.2, 0) is 11.2 Å². The Morgan fingerprint density at radius 1 is 1.53 bits per heavy atom. The lowest BCUT2D eigenvalue weighted by atomic mass is 10.2. The van der Waals surface area contributed by atoms with Gasteiger partial charge in [0.1, 0.15) is 0 Å². The van der Waals surface area contributed by atoms with Crippen LogP contribution in [0.15, 0.2) is 23.6 Å². The lowest BCUT2D eigenvalue weighted by molar-refractivity contribution is -0.120. The number of nitrogens with one attached hydrogen (secondary N) is 2. The van der Waals surface area contributed by atoms with Crippen molar-refractivity contribution in [2.24, 2.45) is 5.84 Å². The first-order valence-corrected chi connectivity index (χ1v) is 6.82. The molecule has 0 bridgehead atoms. The molecule has 0 saturated heterocycles. The average Bonchev–Trinajstić information content (AvgIpc) is 2.82. The van der Waals surface area contributed by atoms with E-state index in [2.05, 4.69) is 15.7 Å². The minimum absolute atomic E-state index is 0.170. The molecule has 19 heavy (non-hydrogen) atoms. The zero-order valence-corrected chi connectivity index (χ0v) is 11.8. The number of carbonyl (C=O) groups is 1. The van der Waals surface area contributed by atoms with Gasteiger partial charge >= 0.3 is 0 Å². The molecule has 0 aliphatic carbocycles. The molecule has 1 aromatic heterocycles. The van der Waals surface area contributed by atoms with Crippen LogP contribution >= 0.6 is 22.9 Å². The van der Waals surface area contributed by atoms with Crippen LogP contribution in [0, 0.1) is 6.92 Å². The van der Waals surface area contributed by atoms with Crippen molar-refractivity contribution in [1.29, 1.82) is 0 Å². The maximum atomic E-state index is 11.1. The Balaban J connectivity index is 2.11. The molecule has 100 valence electrons.